The van der Waals surface area contributed by atoms with Crippen LogP contribution in [0.4, 0.5) is 5.69 Å². The van der Waals surface area contributed by atoms with Crippen LogP contribution in [0.3, 0.4) is 0 Å². The van der Waals surface area contributed by atoms with E-state index in [1.54, 1.807) is 6.26 Å². The van der Waals surface area contributed by atoms with Gasteiger partial charge in [0.05, 0.1) is 22.9 Å². The van der Waals surface area contributed by atoms with E-state index in [1.807, 2.05) is 43.9 Å². The van der Waals surface area contributed by atoms with Crippen molar-refractivity contribution in [2.75, 3.05) is 11.9 Å². The molecule has 3 amide bonds. The van der Waals surface area contributed by atoms with E-state index in [1.165, 1.54) is 0 Å². The summed E-state index contributed by atoms with van der Waals surface area (Å²) in [4.78, 5) is 42.4. The van der Waals surface area contributed by atoms with Crippen molar-refractivity contribution in [3.63, 3.8) is 0 Å². The van der Waals surface area contributed by atoms with E-state index >= 15 is 0 Å². The van der Waals surface area contributed by atoms with E-state index in [9.17, 15) is 14.4 Å². The van der Waals surface area contributed by atoms with Crippen molar-refractivity contribution < 1.29 is 23.9 Å². The van der Waals surface area contributed by atoms with Crippen LogP contribution in [0, 0.1) is 17.3 Å². The number of hydrogen-bond donors (Lipinski definition) is 2. The summed E-state index contributed by atoms with van der Waals surface area (Å²) in [7, 11) is 0. The predicted molar refractivity (Wildman–Crippen MR) is 127 cm³/mol. The lowest BCUT2D eigenvalue weighted by molar-refractivity contribution is -0.164. The molecule has 6 heterocycles. The van der Waals surface area contributed by atoms with Gasteiger partial charge in [-0.3, -0.25) is 14.4 Å². The van der Waals surface area contributed by atoms with Gasteiger partial charge < -0.3 is 25.0 Å². The fourth-order valence-corrected chi connectivity index (χ4v) is 8.46. The normalized spacial score (nSPS) is 40.8. The number of hydrogen-bond acceptors (Lipinski definition) is 5. The molecule has 1 saturated carbocycles. The molecule has 35 heavy (non-hydrogen) atoms. The van der Waals surface area contributed by atoms with Crippen molar-refractivity contribution in [2.24, 2.45) is 17.3 Å². The second kappa shape index (κ2) is 5.85. The molecule has 3 spiro atoms. The minimum Gasteiger partial charge on any atom is -0.480 e. The van der Waals surface area contributed by atoms with Gasteiger partial charge in [-0.05, 0) is 62.1 Å². The zero-order valence-electron chi connectivity index (χ0n) is 20.8. The number of benzene rings is 1. The van der Waals surface area contributed by atoms with Crippen molar-refractivity contribution in [1.29, 1.82) is 0 Å². The van der Waals surface area contributed by atoms with Crippen LogP contribution >= 0.6 is 0 Å². The lowest BCUT2D eigenvalue weighted by Gasteiger charge is -2.60. The Morgan fingerprint density at radius 2 is 1.83 bits per heavy atom. The van der Waals surface area contributed by atoms with Gasteiger partial charge in [0, 0.05) is 12.5 Å². The molecule has 0 unspecified atom stereocenters. The van der Waals surface area contributed by atoms with Crippen LogP contribution < -0.4 is 20.1 Å². The maximum atomic E-state index is 14.0. The molecule has 5 atom stereocenters. The minimum atomic E-state index is -0.871. The number of piperidine rings is 2. The third-order valence-electron chi connectivity index (χ3n) is 10.1. The Kier molecular flexibility index (Phi) is 3.55. The van der Waals surface area contributed by atoms with Gasteiger partial charge in [-0.15, -0.1) is 0 Å². The van der Waals surface area contributed by atoms with Gasteiger partial charge in [-0.2, -0.15) is 0 Å². The van der Waals surface area contributed by atoms with Crippen molar-refractivity contribution in [1.82, 2.24) is 10.2 Å². The number of nitrogens with zero attached hydrogens (tertiary/aromatic N) is 1. The summed E-state index contributed by atoms with van der Waals surface area (Å²) in [5.41, 5.74) is -1.82. The molecule has 5 fully saturated rings. The van der Waals surface area contributed by atoms with Crippen molar-refractivity contribution in [2.45, 2.75) is 76.0 Å². The first kappa shape index (κ1) is 21.3. The van der Waals surface area contributed by atoms with Gasteiger partial charge in [-0.25, -0.2) is 0 Å². The molecule has 8 rings (SSSR count). The Labute approximate surface area is 204 Å². The average molecular weight is 478 g/mol. The zero-order chi connectivity index (χ0) is 24.8. The molecule has 2 N–H and O–H groups in total. The Morgan fingerprint density at radius 3 is 2.60 bits per heavy atom. The molecule has 8 heteroatoms. The van der Waals surface area contributed by atoms with E-state index in [2.05, 4.69) is 24.5 Å². The standard InChI is InChI=1S/C27H31N3O5/c1-14-10-26-11-17-24(4,5)27(12-25(17,29-21(26)32)13-30(26)20(14)31)15-6-7-16-19(18(15)28-22(27)33)34-9-8-23(2,3)35-16/h6-9,14,17H,10-13H2,1-5H3,(H,28,33)(H,29,32)/t14-,17+,25-,26+,27-/m1/s1. The molecular weight excluding hydrogens is 446 g/mol. The number of ether oxygens (including phenoxy) is 2. The number of rotatable bonds is 0. The molecule has 1 aromatic carbocycles. The van der Waals surface area contributed by atoms with Crippen LogP contribution in [0.5, 0.6) is 11.5 Å². The van der Waals surface area contributed by atoms with Gasteiger partial charge in [0.25, 0.3) is 0 Å². The van der Waals surface area contributed by atoms with E-state index in [4.69, 9.17) is 9.47 Å². The van der Waals surface area contributed by atoms with Gasteiger partial charge >= 0.3 is 0 Å². The number of piperazine rings is 1. The van der Waals surface area contributed by atoms with Crippen LogP contribution in [-0.2, 0) is 19.8 Å². The molecule has 4 saturated heterocycles. The smallest absolute Gasteiger partial charge is 0.246 e. The number of nitrogens with one attached hydrogen (secondary N) is 2. The Hall–Kier alpha value is -3.03. The maximum Gasteiger partial charge on any atom is 0.246 e. The fourth-order valence-electron chi connectivity index (χ4n) is 8.46. The minimum absolute atomic E-state index is 0.0496. The van der Waals surface area contributed by atoms with E-state index < -0.39 is 27.5 Å². The topological polar surface area (TPSA) is 97.0 Å². The first-order valence-corrected chi connectivity index (χ1v) is 12.5. The molecule has 8 nitrogen and oxygen atoms in total. The lowest BCUT2D eigenvalue weighted by atomic mass is 9.57. The number of carbonyl (C=O) groups is 3. The number of amides is 3. The monoisotopic (exact) mass is 477 g/mol. The lowest BCUT2D eigenvalue weighted by Crippen LogP contribution is -2.79. The summed E-state index contributed by atoms with van der Waals surface area (Å²) in [5.74, 6) is 0.889. The van der Waals surface area contributed by atoms with Gasteiger partial charge in [-0.1, -0.05) is 26.8 Å². The summed E-state index contributed by atoms with van der Waals surface area (Å²) in [6.07, 6.45) is 5.03. The molecule has 6 aliphatic heterocycles. The van der Waals surface area contributed by atoms with Crippen molar-refractivity contribution in [3.05, 3.63) is 30.0 Å². The Morgan fingerprint density at radius 1 is 1.06 bits per heavy atom. The van der Waals surface area contributed by atoms with Gasteiger partial charge in [0.1, 0.15) is 11.1 Å². The molecule has 0 aromatic heterocycles. The summed E-state index contributed by atoms with van der Waals surface area (Å²) in [6.45, 7) is 10.6. The molecule has 184 valence electrons. The Bertz CT molecular complexity index is 1280. The highest BCUT2D eigenvalue weighted by Crippen LogP contribution is 2.71. The molecule has 1 aromatic rings. The molecule has 2 bridgehead atoms. The third kappa shape index (κ3) is 2.19. The number of fused-ring (bicyclic) bond motifs is 5. The summed E-state index contributed by atoms with van der Waals surface area (Å²) >= 11 is 0. The first-order chi connectivity index (χ1) is 16.4. The number of carbonyl (C=O) groups excluding carboxylic acids is 3. The summed E-state index contributed by atoms with van der Waals surface area (Å²) in [6, 6.07) is 3.87. The second-order valence-electron chi connectivity index (χ2n) is 12.6. The summed E-state index contributed by atoms with van der Waals surface area (Å²) in [5, 5.41) is 6.49. The Balaban J connectivity index is 1.39. The molecule has 0 radical (unpaired) electrons. The quantitative estimate of drug-likeness (QED) is 0.599. The zero-order valence-corrected chi connectivity index (χ0v) is 20.8. The van der Waals surface area contributed by atoms with E-state index in [0.29, 0.717) is 43.0 Å². The van der Waals surface area contributed by atoms with E-state index in [-0.39, 0.29) is 29.6 Å². The first-order valence-electron chi connectivity index (χ1n) is 12.5. The highest BCUT2D eigenvalue weighted by atomic mass is 16.5. The van der Waals surface area contributed by atoms with Crippen LogP contribution in [0.15, 0.2) is 24.5 Å². The summed E-state index contributed by atoms with van der Waals surface area (Å²) < 4.78 is 12.2. The van der Waals surface area contributed by atoms with Gasteiger partial charge in [0.15, 0.2) is 11.5 Å². The fraction of sp³-hybridized carbons (Fsp3) is 0.593. The van der Waals surface area contributed by atoms with Crippen LogP contribution in [-0.4, -0.2) is 45.8 Å². The predicted octanol–water partition coefficient (Wildman–Crippen LogP) is 2.87. The SMILES string of the molecule is C[C@@H]1C[C@@]23C[C@H]4C(C)(C)[C@@]5(C[C@]4(CN2C1=O)NC3=O)C(=O)Nc1c5ccc2c1OC=CC(C)(C)O2. The third-order valence-corrected chi connectivity index (χ3v) is 10.1. The van der Waals surface area contributed by atoms with E-state index in [0.717, 1.165) is 5.56 Å². The van der Waals surface area contributed by atoms with Crippen LogP contribution in [0.25, 0.3) is 0 Å². The van der Waals surface area contributed by atoms with Crippen molar-refractivity contribution in [3.8, 4) is 11.5 Å². The molecular formula is C27H31N3O5. The highest BCUT2D eigenvalue weighted by molar-refractivity contribution is 6.10. The van der Waals surface area contributed by atoms with Crippen LogP contribution in [0.2, 0.25) is 0 Å². The van der Waals surface area contributed by atoms with Crippen molar-refractivity contribution >= 4 is 23.4 Å². The second-order valence-corrected chi connectivity index (χ2v) is 12.6. The highest BCUT2D eigenvalue weighted by Gasteiger charge is 2.79. The average Bonchev–Trinajstić information content (AvgIpc) is 3.21. The van der Waals surface area contributed by atoms with Gasteiger partial charge in [0.2, 0.25) is 17.7 Å². The molecule has 1 aliphatic carbocycles. The number of anilines is 1. The maximum absolute atomic E-state index is 14.0. The molecule has 7 aliphatic rings. The van der Waals surface area contributed by atoms with Crippen LogP contribution in [0.1, 0.15) is 59.4 Å². The largest absolute Gasteiger partial charge is 0.480 e.